The molecule has 26 heavy (non-hydrogen) atoms. The van der Waals surface area contributed by atoms with Gasteiger partial charge >= 0.3 is 0 Å². The van der Waals surface area contributed by atoms with Gasteiger partial charge in [-0.15, -0.1) is 21.4 Å². The summed E-state index contributed by atoms with van der Waals surface area (Å²) < 4.78 is 28.9. The van der Waals surface area contributed by atoms with Crippen LogP contribution in [0.5, 0.6) is 0 Å². The predicted octanol–water partition coefficient (Wildman–Crippen LogP) is 3.55. The summed E-state index contributed by atoms with van der Waals surface area (Å²) in [5.41, 5.74) is 1.59. The number of benzene rings is 2. The molecule has 0 amide bonds. The fourth-order valence-electron chi connectivity index (χ4n) is 2.42. The third-order valence-corrected chi connectivity index (χ3v) is 6.20. The first-order valence-electron chi connectivity index (χ1n) is 7.83. The molecule has 1 fully saturated rings. The lowest BCUT2D eigenvalue weighted by Crippen LogP contribution is -2.31. The molecule has 0 atom stereocenters. The van der Waals surface area contributed by atoms with Crippen molar-refractivity contribution in [1.82, 2.24) is 4.90 Å². The van der Waals surface area contributed by atoms with E-state index in [1.54, 1.807) is 41.3 Å². The van der Waals surface area contributed by atoms with Crippen molar-refractivity contribution >= 4 is 49.7 Å². The molecule has 0 radical (unpaired) electrons. The van der Waals surface area contributed by atoms with Gasteiger partial charge in [0.15, 0.2) is 11.0 Å². The summed E-state index contributed by atoms with van der Waals surface area (Å²) in [5.74, 6) is 0.660. The molecule has 1 aliphatic rings. The number of hydrogen-bond donors (Lipinski definition) is 0. The number of Topliss-reactive ketones (excluding diaryl/α,β-unsaturated/α-hetero) is 1. The normalized spacial score (nSPS) is 15.7. The average Bonchev–Trinajstić information content (AvgIpc) is 3.02. The van der Waals surface area contributed by atoms with Gasteiger partial charge < -0.3 is 4.90 Å². The molecule has 0 bridgehead atoms. The van der Waals surface area contributed by atoms with Crippen LogP contribution in [0.2, 0.25) is 0 Å². The average molecular weight is 455 g/mol. The number of carbonyl (C=O) groups excluding carboxylic acids is 1. The number of thioether (sulfide) groups is 1. The number of aryl methyl sites for hydroxylation is 1. The van der Waals surface area contributed by atoms with Gasteiger partial charge in [-0.25, -0.2) is 0 Å². The lowest BCUT2D eigenvalue weighted by Gasteiger charge is -2.16. The minimum Gasteiger partial charge on any atom is -0.342 e. The number of nitrogens with zero attached hydrogens (tertiary/aromatic N) is 2. The van der Waals surface area contributed by atoms with Gasteiger partial charge in [-0.2, -0.15) is 8.42 Å². The third kappa shape index (κ3) is 4.96. The number of carbonyl (C=O) groups is 1. The first-order valence-corrected chi connectivity index (χ1v) is 10.3. The summed E-state index contributed by atoms with van der Waals surface area (Å²) in [4.78, 5) is 14.3. The van der Waals surface area contributed by atoms with Crippen LogP contribution in [0.15, 0.2) is 63.9 Å². The van der Waals surface area contributed by atoms with Crippen molar-refractivity contribution in [2.45, 2.75) is 11.8 Å². The van der Waals surface area contributed by atoms with E-state index in [-0.39, 0.29) is 34.2 Å². The van der Waals surface area contributed by atoms with E-state index in [1.807, 2.05) is 25.1 Å². The van der Waals surface area contributed by atoms with E-state index in [2.05, 4.69) is 4.40 Å². The fourth-order valence-corrected chi connectivity index (χ4v) is 4.66. The zero-order valence-corrected chi connectivity index (χ0v) is 17.5. The van der Waals surface area contributed by atoms with Crippen LogP contribution in [0.3, 0.4) is 0 Å². The Balaban J connectivity index is 0.00000243. The van der Waals surface area contributed by atoms with Crippen LogP contribution >= 0.6 is 28.7 Å². The maximum absolute atomic E-state index is 12.5. The van der Waals surface area contributed by atoms with Gasteiger partial charge in [0, 0.05) is 17.9 Å². The molecule has 2 aromatic rings. The molecule has 3 rings (SSSR count). The lowest BCUT2D eigenvalue weighted by molar-refractivity contribution is 0.0967. The second kappa shape index (κ2) is 8.83. The van der Waals surface area contributed by atoms with E-state index in [9.17, 15) is 13.2 Å². The molecule has 0 unspecified atom stereocenters. The van der Waals surface area contributed by atoms with Gasteiger partial charge in [0.05, 0.1) is 11.4 Å². The highest BCUT2D eigenvalue weighted by Gasteiger charge is 2.25. The van der Waals surface area contributed by atoms with Crippen LogP contribution in [-0.2, 0) is 10.0 Å². The van der Waals surface area contributed by atoms with Crippen LogP contribution < -0.4 is 0 Å². The van der Waals surface area contributed by atoms with Crippen LogP contribution in [-0.4, -0.2) is 43.1 Å². The lowest BCUT2D eigenvalue weighted by atomic mass is 10.1. The molecule has 1 saturated heterocycles. The topological polar surface area (TPSA) is 66.8 Å². The Morgan fingerprint density at radius 1 is 1.12 bits per heavy atom. The number of hydrogen-bond acceptors (Lipinski definition) is 4. The molecule has 138 valence electrons. The van der Waals surface area contributed by atoms with E-state index in [1.165, 1.54) is 11.8 Å². The van der Waals surface area contributed by atoms with Gasteiger partial charge in [-0.1, -0.05) is 59.8 Å². The molecule has 8 heteroatoms. The van der Waals surface area contributed by atoms with Gasteiger partial charge in [-0.3, -0.25) is 4.79 Å². The predicted molar refractivity (Wildman–Crippen MR) is 111 cm³/mol. The first-order chi connectivity index (χ1) is 12.0. The van der Waals surface area contributed by atoms with Crippen LogP contribution in [0, 0.1) is 6.92 Å². The van der Waals surface area contributed by atoms with Crippen molar-refractivity contribution in [1.29, 1.82) is 0 Å². The standard InChI is InChI=1S/C18H18N2O3S2.BrH/c1-14-7-9-16(10-8-14)25(22,23)19-18-20(11-12-24-18)13-17(21)15-5-3-2-4-6-15;/h2-10H,11-13H2,1H3;1H/b19-18-;. The number of amidine groups is 1. The van der Waals surface area contributed by atoms with E-state index in [4.69, 9.17) is 0 Å². The highest BCUT2D eigenvalue weighted by Crippen LogP contribution is 2.22. The monoisotopic (exact) mass is 454 g/mol. The molecule has 1 heterocycles. The van der Waals surface area contributed by atoms with Gasteiger partial charge in [0.25, 0.3) is 10.0 Å². The third-order valence-electron chi connectivity index (χ3n) is 3.81. The van der Waals surface area contributed by atoms with E-state index in [0.717, 1.165) is 5.56 Å². The number of halogens is 1. The zero-order chi connectivity index (χ0) is 17.9. The van der Waals surface area contributed by atoms with Crippen molar-refractivity contribution in [3.05, 3.63) is 65.7 Å². The maximum Gasteiger partial charge on any atom is 0.284 e. The van der Waals surface area contributed by atoms with Crippen molar-refractivity contribution in [2.75, 3.05) is 18.8 Å². The first kappa shape index (κ1) is 20.7. The highest BCUT2D eigenvalue weighted by atomic mass is 79.9. The van der Waals surface area contributed by atoms with Gasteiger partial charge in [-0.05, 0) is 19.1 Å². The van der Waals surface area contributed by atoms with Crippen molar-refractivity contribution in [3.63, 3.8) is 0 Å². The molecule has 0 saturated carbocycles. The maximum atomic E-state index is 12.5. The Morgan fingerprint density at radius 3 is 2.42 bits per heavy atom. The molecule has 5 nitrogen and oxygen atoms in total. The van der Waals surface area contributed by atoms with E-state index < -0.39 is 10.0 Å². The Morgan fingerprint density at radius 2 is 1.77 bits per heavy atom. The van der Waals surface area contributed by atoms with Crippen molar-refractivity contribution in [2.24, 2.45) is 4.40 Å². The summed E-state index contributed by atoms with van der Waals surface area (Å²) in [6.07, 6.45) is 0. The van der Waals surface area contributed by atoms with Gasteiger partial charge in [0.2, 0.25) is 0 Å². The molecule has 0 N–H and O–H groups in total. The SMILES string of the molecule is Br.Cc1ccc(S(=O)(=O)/N=C2\SCCN2CC(=O)c2ccccc2)cc1. The van der Waals surface area contributed by atoms with E-state index in [0.29, 0.717) is 23.0 Å². The minimum absolute atomic E-state index is 0. The Labute approximate surface area is 168 Å². The van der Waals surface area contributed by atoms with Crippen molar-refractivity contribution < 1.29 is 13.2 Å². The van der Waals surface area contributed by atoms with Crippen LogP contribution in [0.1, 0.15) is 15.9 Å². The zero-order valence-electron chi connectivity index (χ0n) is 14.2. The summed E-state index contributed by atoms with van der Waals surface area (Å²) in [5, 5.41) is 0.379. The summed E-state index contributed by atoms with van der Waals surface area (Å²) in [7, 11) is -3.78. The van der Waals surface area contributed by atoms with Gasteiger partial charge in [0.1, 0.15) is 0 Å². The minimum atomic E-state index is -3.78. The second-order valence-corrected chi connectivity index (χ2v) is 8.39. The number of rotatable bonds is 5. The molecule has 0 spiro atoms. The molecule has 0 aromatic heterocycles. The highest BCUT2D eigenvalue weighted by molar-refractivity contribution is 8.93. The Kier molecular flexibility index (Phi) is 7.02. The summed E-state index contributed by atoms with van der Waals surface area (Å²) in [6.45, 7) is 2.62. The Bertz CT molecular complexity index is 898. The fraction of sp³-hybridized carbons (Fsp3) is 0.222. The number of sulfonamides is 1. The van der Waals surface area contributed by atoms with E-state index >= 15 is 0 Å². The summed E-state index contributed by atoms with van der Waals surface area (Å²) in [6, 6.07) is 15.6. The molecular formula is C18H19BrN2O3S2. The molecule has 2 aromatic carbocycles. The largest absolute Gasteiger partial charge is 0.342 e. The summed E-state index contributed by atoms with van der Waals surface area (Å²) >= 11 is 1.36. The van der Waals surface area contributed by atoms with Crippen molar-refractivity contribution in [3.8, 4) is 0 Å². The molecule has 0 aliphatic carbocycles. The Hall–Kier alpha value is -1.64. The number of ketones is 1. The van der Waals surface area contributed by atoms with Crippen LogP contribution in [0.4, 0.5) is 0 Å². The molecular weight excluding hydrogens is 436 g/mol. The smallest absolute Gasteiger partial charge is 0.284 e. The second-order valence-electron chi connectivity index (χ2n) is 5.72. The van der Waals surface area contributed by atoms with Crippen LogP contribution in [0.25, 0.3) is 0 Å². The molecule has 1 aliphatic heterocycles. The quantitative estimate of drug-likeness (QED) is 0.646.